The zero-order chi connectivity index (χ0) is 12.9. The molecule has 0 saturated carbocycles. The molecule has 0 aliphatic carbocycles. The number of hydrogen-bond donors (Lipinski definition) is 2. The summed E-state index contributed by atoms with van der Waals surface area (Å²) in [5.74, 6) is -0.770. The number of carboxylic acids is 1. The summed E-state index contributed by atoms with van der Waals surface area (Å²) in [5, 5.41) is 11.4. The molecule has 0 bridgehead atoms. The number of aliphatic carboxylic acids is 1. The van der Waals surface area contributed by atoms with Crippen LogP contribution in [0.15, 0.2) is 0 Å². The standard InChI is InChI=1S/C11H22N2O3/c1-7(2)6-13(5)11(16)12-9(8(3)4)10(14)15/h7-9H,6H2,1-5H3,(H,12,16)(H,14,15). The van der Waals surface area contributed by atoms with Crippen molar-refractivity contribution in [1.29, 1.82) is 0 Å². The van der Waals surface area contributed by atoms with Gasteiger partial charge in [0.15, 0.2) is 0 Å². The Labute approximate surface area is 96.8 Å². The van der Waals surface area contributed by atoms with Crippen LogP contribution in [-0.2, 0) is 4.79 Å². The molecule has 5 heteroatoms. The van der Waals surface area contributed by atoms with Crippen LogP contribution < -0.4 is 5.32 Å². The highest BCUT2D eigenvalue weighted by Gasteiger charge is 2.24. The van der Waals surface area contributed by atoms with E-state index in [1.165, 1.54) is 4.90 Å². The number of rotatable bonds is 5. The normalized spacial score (nSPS) is 12.7. The molecule has 0 aromatic carbocycles. The van der Waals surface area contributed by atoms with E-state index in [0.29, 0.717) is 12.5 Å². The minimum absolute atomic E-state index is 0.131. The maximum absolute atomic E-state index is 11.6. The number of hydrogen-bond acceptors (Lipinski definition) is 2. The predicted molar refractivity (Wildman–Crippen MR) is 62.3 cm³/mol. The van der Waals surface area contributed by atoms with Crippen molar-refractivity contribution in [3.63, 3.8) is 0 Å². The molecule has 0 aromatic rings. The number of carbonyl (C=O) groups excluding carboxylic acids is 1. The topological polar surface area (TPSA) is 69.6 Å². The van der Waals surface area contributed by atoms with Crippen LogP contribution >= 0.6 is 0 Å². The Kier molecular flexibility index (Phi) is 5.85. The Hall–Kier alpha value is -1.26. The number of nitrogens with one attached hydrogen (secondary N) is 1. The van der Waals surface area contributed by atoms with E-state index in [4.69, 9.17) is 5.11 Å². The second-order valence-electron chi connectivity index (χ2n) is 4.78. The number of amides is 2. The second-order valence-corrected chi connectivity index (χ2v) is 4.78. The first-order valence-corrected chi connectivity index (χ1v) is 5.50. The van der Waals surface area contributed by atoms with Crippen LogP contribution in [0.5, 0.6) is 0 Å². The minimum Gasteiger partial charge on any atom is -0.480 e. The summed E-state index contributed by atoms with van der Waals surface area (Å²) in [6.07, 6.45) is 0. The molecule has 2 N–H and O–H groups in total. The average molecular weight is 230 g/mol. The van der Waals surface area contributed by atoms with Crippen molar-refractivity contribution >= 4 is 12.0 Å². The van der Waals surface area contributed by atoms with Crippen LogP contribution in [0, 0.1) is 11.8 Å². The number of carbonyl (C=O) groups is 2. The van der Waals surface area contributed by atoms with Gasteiger partial charge in [0.1, 0.15) is 6.04 Å². The Morgan fingerprint density at radius 2 is 1.75 bits per heavy atom. The van der Waals surface area contributed by atoms with Crippen molar-refractivity contribution in [2.24, 2.45) is 11.8 Å². The van der Waals surface area contributed by atoms with Gasteiger partial charge in [-0.3, -0.25) is 0 Å². The molecule has 0 fully saturated rings. The molecule has 0 heterocycles. The summed E-state index contributed by atoms with van der Waals surface area (Å²) in [6, 6.07) is -1.17. The van der Waals surface area contributed by atoms with Gasteiger partial charge in [-0.15, -0.1) is 0 Å². The van der Waals surface area contributed by atoms with E-state index < -0.39 is 12.0 Å². The van der Waals surface area contributed by atoms with Gasteiger partial charge >= 0.3 is 12.0 Å². The lowest BCUT2D eigenvalue weighted by atomic mass is 10.1. The first-order valence-electron chi connectivity index (χ1n) is 5.50. The van der Waals surface area contributed by atoms with Crippen LogP contribution in [0.1, 0.15) is 27.7 Å². The summed E-state index contributed by atoms with van der Waals surface area (Å²) in [6.45, 7) is 8.14. The molecular weight excluding hydrogens is 208 g/mol. The summed E-state index contributed by atoms with van der Waals surface area (Å²) < 4.78 is 0. The fourth-order valence-electron chi connectivity index (χ4n) is 1.39. The van der Waals surface area contributed by atoms with Crippen LogP contribution in [0.25, 0.3) is 0 Å². The Bertz CT molecular complexity index is 252. The van der Waals surface area contributed by atoms with Crippen LogP contribution in [0.3, 0.4) is 0 Å². The first kappa shape index (κ1) is 14.7. The van der Waals surface area contributed by atoms with Crippen molar-refractivity contribution in [1.82, 2.24) is 10.2 Å². The Morgan fingerprint density at radius 1 is 1.25 bits per heavy atom. The molecule has 5 nitrogen and oxygen atoms in total. The van der Waals surface area contributed by atoms with Crippen LogP contribution in [-0.4, -0.2) is 41.6 Å². The fourth-order valence-corrected chi connectivity index (χ4v) is 1.39. The average Bonchev–Trinajstić information content (AvgIpc) is 2.11. The maximum atomic E-state index is 11.6. The van der Waals surface area contributed by atoms with E-state index >= 15 is 0 Å². The SMILES string of the molecule is CC(C)CN(C)C(=O)NC(C(=O)O)C(C)C. The number of carboxylic acid groups (broad SMARTS) is 1. The molecule has 2 amide bonds. The van der Waals surface area contributed by atoms with E-state index in [1.807, 2.05) is 13.8 Å². The van der Waals surface area contributed by atoms with Crippen molar-refractivity contribution < 1.29 is 14.7 Å². The highest BCUT2D eigenvalue weighted by Crippen LogP contribution is 2.03. The molecule has 0 saturated heterocycles. The molecule has 0 aromatic heterocycles. The van der Waals surface area contributed by atoms with Gasteiger partial charge in [-0.2, -0.15) is 0 Å². The van der Waals surface area contributed by atoms with E-state index in [-0.39, 0.29) is 11.9 Å². The molecule has 0 aliphatic rings. The minimum atomic E-state index is -0.999. The molecule has 1 atom stereocenters. The molecule has 94 valence electrons. The summed E-state index contributed by atoms with van der Waals surface area (Å²) in [7, 11) is 1.66. The lowest BCUT2D eigenvalue weighted by Gasteiger charge is -2.24. The highest BCUT2D eigenvalue weighted by molar-refractivity contribution is 5.82. The van der Waals surface area contributed by atoms with Gasteiger partial charge in [0.05, 0.1) is 0 Å². The molecule has 0 radical (unpaired) electrons. The van der Waals surface area contributed by atoms with Crippen LogP contribution in [0.4, 0.5) is 4.79 Å². The smallest absolute Gasteiger partial charge is 0.326 e. The van der Waals surface area contributed by atoms with Gasteiger partial charge in [0, 0.05) is 13.6 Å². The van der Waals surface area contributed by atoms with E-state index in [2.05, 4.69) is 5.32 Å². The van der Waals surface area contributed by atoms with Gasteiger partial charge in [0.2, 0.25) is 0 Å². The fraction of sp³-hybridized carbons (Fsp3) is 0.818. The van der Waals surface area contributed by atoms with Crippen LogP contribution in [0.2, 0.25) is 0 Å². The maximum Gasteiger partial charge on any atom is 0.326 e. The largest absolute Gasteiger partial charge is 0.480 e. The first-order chi connectivity index (χ1) is 7.25. The van der Waals surface area contributed by atoms with Crippen molar-refractivity contribution in [2.75, 3.05) is 13.6 Å². The van der Waals surface area contributed by atoms with Gasteiger partial charge in [0.25, 0.3) is 0 Å². The molecular formula is C11H22N2O3. The summed E-state index contributed by atoms with van der Waals surface area (Å²) in [4.78, 5) is 24.0. The third-order valence-electron chi connectivity index (χ3n) is 2.20. The zero-order valence-corrected chi connectivity index (χ0v) is 10.7. The van der Waals surface area contributed by atoms with E-state index in [9.17, 15) is 9.59 Å². The van der Waals surface area contributed by atoms with E-state index in [0.717, 1.165) is 0 Å². The number of urea groups is 1. The summed E-state index contributed by atoms with van der Waals surface area (Å²) in [5.41, 5.74) is 0. The Morgan fingerprint density at radius 3 is 2.06 bits per heavy atom. The molecule has 1 unspecified atom stereocenters. The van der Waals surface area contributed by atoms with Gasteiger partial charge in [-0.25, -0.2) is 9.59 Å². The van der Waals surface area contributed by atoms with E-state index in [1.54, 1.807) is 20.9 Å². The van der Waals surface area contributed by atoms with Gasteiger partial charge in [-0.05, 0) is 11.8 Å². The quantitative estimate of drug-likeness (QED) is 0.750. The monoisotopic (exact) mass is 230 g/mol. The second kappa shape index (κ2) is 6.35. The molecule has 0 aliphatic heterocycles. The molecule has 0 rings (SSSR count). The van der Waals surface area contributed by atoms with Crippen molar-refractivity contribution in [3.8, 4) is 0 Å². The highest BCUT2D eigenvalue weighted by atomic mass is 16.4. The zero-order valence-electron chi connectivity index (χ0n) is 10.7. The predicted octanol–water partition coefficient (Wildman–Crippen LogP) is 1.39. The van der Waals surface area contributed by atoms with Crippen molar-refractivity contribution in [2.45, 2.75) is 33.7 Å². The molecule has 0 spiro atoms. The summed E-state index contributed by atoms with van der Waals surface area (Å²) >= 11 is 0. The molecule has 16 heavy (non-hydrogen) atoms. The lowest BCUT2D eigenvalue weighted by Crippen LogP contribution is -2.49. The number of nitrogens with zero attached hydrogens (tertiary/aromatic N) is 1. The van der Waals surface area contributed by atoms with Gasteiger partial charge in [-0.1, -0.05) is 27.7 Å². The third-order valence-corrected chi connectivity index (χ3v) is 2.20. The Balaban J connectivity index is 4.35. The van der Waals surface area contributed by atoms with Crippen molar-refractivity contribution in [3.05, 3.63) is 0 Å². The van der Waals surface area contributed by atoms with Gasteiger partial charge < -0.3 is 15.3 Å². The third kappa shape index (κ3) is 5.00. The lowest BCUT2D eigenvalue weighted by molar-refractivity contribution is -0.140.